The SMILES string of the molecule is O=[N+]([O-])c1ccc(NCc2cn3ccccc3n2)cc1F. The molecule has 0 saturated heterocycles. The summed E-state index contributed by atoms with van der Waals surface area (Å²) >= 11 is 0. The summed E-state index contributed by atoms with van der Waals surface area (Å²) in [6.07, 6.45) is 3.75. The summed E-state index contributed by atoms with van der Waals surface area (Å²) in [6.45, 7) is 0.402. The van der Waals surface area contributed by atoms with Crippen molar-refractivity contribution < 1.29 is 9.31 Å². The van der Waals surface area contributed by atoms with Gasteiger partial charge in [-0.15, -0.1) is 0 Å². The average molecular weight is 286 g/mol. The first-order valence-electron chi connectivity index (χ1n) is 6.24. The van der Waals surface area contributed by atoms with Gasteiger partial charge in [0, 0.05) is 30.2 Å². The largest absolute Gasteiger partial charge is 0.379 e. The number of nitro benzene ring substituents is 1. The molecule has 0 bridgehead atoms. The Morgan fingerprint density at radius 1 is 1.33 bits per heavy atom. The smallest absolute Gasteiger partial charge is 0.304 e. The van der Waals surface area contributed by atoms with E-state index in [0.29, 0.717) is 12.2 Å². The number of hydrogen-bond donors (Lipinski definition) is 1. The Kier molecular flexibility index (Phi) is 3.23. The van der Waals surface area contributed by atoms with E-state index in [0.717, 1.165) is 23.5 Å². The Morgan fingerprint density at radius 3 is 2.90 bits per heavy atom. The van der Waals surface area contributed by atoms with Crippen LogP contribution in [0.3, 0.4) is 0 Å². The summed E-state index contributed by atoms with van der Waals surface area (Å²) in [4.78, 5) is 14.2. The molecule has 1 aromatic carbocycles. The van der Waals surface area contributed by atoms with Crippen molar-refractivity contribution in [1.29, 1.82) is 0 Å². The fraction of sp³-hybridized carbons (Fsp3) is 0.0714. The van der Waals surface area contributed by atoms with E-state index in [4.69, 9.17) is 0 Å². The van der Waals surface area contributed by atoms with Crippen molar-refractivity contribution in [3.05, 3.63) is 70.4 Å². The van der Waals surface area contributed by atoms with E-state index in [1.807, 2.05) is 35.0 Å². The number of halogens is 1. The molecule has 0 aliphatic carbocycles. The van der Waals surface area contributed by atoms with E-state index in [2.05, 4.69) is 10.3 Å². The van der Waals surface area contributed by atoms with E-state index >= 15 is 0 Å². The Hall–Kier alpha value is -2.96. The molecule has 21 heavy (non-hydrogen) atoms. The van der Waals surface area contributed by atoms with Gasteiger partial charge in [-0.3, -0.25) is 10.1 Å². The number of benzene rings is 1. The monoisotopic (exact) mass is 286 g/mol. The number of rotatable bonds is 4. The summed E-state index contributed by atoms with van der Waals surface area (Å²) in [7, 11) is 0. The second kappa shape index (κ2) is 5.20. The van der Waals surface area contributed by atoms with Crippen LogP contribution in [0.2, 0.25) is 0 Å². The second-order valence-electron chi connectivity index (χ2n) is 4.48. The zero-order valence-electron chi connectivity index (χ0n) is 10.9. The molecule has 3 rings (SSSR count). The van der Waals surface area contributed by atoms with E-state index in [-0.39, 0.29) is 0 Å². The van der Waals surface area contributed by atoms with Gasteiger partial charge in [0.15, 0.2) is 0 Å². The van der Waals surface area contributed by atoms with Gasteiger partial charge in [-0.25, -0.2) is 4.98 Å². The molecule has 6 nitrogen and oxygen atoms in total. The van der Waals surface area contributed by atoms with Gasteiger partial charge >= 0.3 is 5.69 Å². The highest BCUT2D eigenvalue weighted by atomic mass is 19.1. The third-order valence-corrected chi connectivity index (χ3v) is 3.03. The van der Waals surface area contributed by atoms with Crippen molar-refractivity contribution in [1.82, 2.24) is 9.38 Å². The fourth-order valence-corrected chi connectivity index (χ4v) is 2.03. The number of pyridine rings is 1. The van der Waals surface area contributed by atoms with E-state index in [1.54, 1.807) is 0 Å². The summed E-state index contributed by atoms with van der Waals surface area (Å²) in [5.41, 5.74) is 1.55. The number of nitrogens with one attached hydrogen (secondary N) is 1. The van der Waals surface area contributed by atoms with E-state index in [9.17, 15) is 14.5 Å². The van der Waals surface area contributed by atoms with Crippen molar-refractivity contribution in [2.75, 3.05) is 5.32 Å². The fourth-order valence-electron chi connectivity index (χ4n) is 2.03. The summed E-state index contributed by atoms with van der Waals surface area (Å²) < 4.78 is 15.4. The van der Waals surface area contributed by atoms with Gasteiger partial charge in [0.05, 0.1) is 17.2 Å². The highest BCUT2D eigenvalue weighted by Gasteiger charge is 2.13. The van der Waals surface area contributed by atoms with Crippen LogP contribution in [0.15, 0.2) is 48.8 Å². The number of imidazole rings is 1. The maximum absolute atomic E-state index is 13.5. The number of nitrogens with zero attached hydrogens (tertiary/aromatic N) is 3. The van der Waals surface area contributed by atoms with Crippen molar-refractivity contribution in [3.8, 4) is 0 Å². The van der Waals surface area contributed by atoms with Crippen molar-refractivity contribution in [2.24, 2.45) is 0 Å². The van der Waals surface area contributed by atoms with Gasteiger partial charge in [-0.2, -0.15) is 4.39 Å². The Labute approximate surface area is 119 Å². The Balaban J connectivity index is 1.75. The zero-order chi connectivity index (χ0) is 14.8. The molecule has 106 valence electrons. The maximum atomic E-state index is 13.5. The standard InChI is InChI=1S/C14H11FN4O2/c15-12-7-10(4-5-13(12)19(20)21)16-8-11-9-18-6-2-1-3-14(18)17-11/h1-7,9,16H,8H2. The molecule has 2 heterocycles. The molecule has 7 heteroatoms. The first-order chi connectivity index (χ1) is 10.1. The molecule has 3 aromatic rings. The molecule has 0 fully saturated rings. The first kappa shape index (κ1) is 13.0. The highest BCUT2D eigenvalue weighted by Crippen LogP contribution is 2.21. The summed E-state index contributed by atoms with van der Waals surface area (Å²) in [6, 6.07) is 9.39. The Morgan fingerprint density at radius 2 is 2.19 bits per heavy atom. The number of anilines is 1. The quantitative estimate of drug-likeness (QED) is 0.591. The molecule has 0 aliphatic heterocycles. The van der Waals surface area contributed by atoms with Crippen molar-refractivity contribution >= 4 is 17.0 Å². The summed E-state index contributed by atoms with van der Waals surface area (Å²) in [5.74, 6) is -0.861. The normalized spacial score (nSPS) is 10.7. The minimum Gasteiger partial charge on any atom is -0.379 e. The van der Waals surface area contributed by atoms with Crippen LogP contribution in [0.5, 0.6) is 0 Å². The van der Waals surface area contributed by atoms with Crippen LogP contribution in [0, 0.1) is 15.9 Å². The molecule has 0 aliphatic rings. The molecule has 0 unspecified atom stereocenters. The van der Waals surface area contributed by atoms with Crippen molar-refractivity contribution in [3.63, 3.8) is 0 Å². The zero-order valence-corrected chi connectivity index (χ0v) is 10.9. The van der Waals surface area contributed by atoms with Crippen molar-refractivity contribution in [2.45, 2.75) is 6.54 Å². The number of hydrogen-bond acceptors (Lipinski definition) is 4. The molecule has 0 saturated carbocycles. The van der Waals surface area contributed by atoms with Crippen LogP contribution in [-0.4, -0.2) is 14.3 Å². The van der Waals surface area contributed by atoms with E-state index < -0.39 is 16.4 Å². The number of aromatic nitrogens is 2. The molecule has 0 atom stereocenters. The van der Waals surface area contributed by atoms with Crippen LogP contribution in [0.4, 0.5) is 15.8 Å². The van der Waals surface area contributed by atoms with Gasteiger partial charge in [0.1, 0.15) is 5.65 Å². The van der Waals surface area contributed by atoms with Crippen LogP contribution < -0.4 is 5.32 Å². The lowest BCUT2D eigenvalue weighted by Gasteiger charge is -2.04. The number of fused-ring (bicyclic) bond motifs is 1. The maximum Gasteiger partial charge on any atom is 0.304 e. The summed E-state index contributed by atoms with van der Waals surface area (Å²) in [5, 5.41) is 13.5. The number of nitro groups is 1. The van der Waals surface area contributed by atoms with Gasteiger partial charge in [-0.1, -0.05) is 6.07 Å². The average Bonchev–Trinajstić information content (AvgIpc) is 2.87. The molecular weight excluding hydrogens is 275 g/mol. The topological polar surface area (TPSA) is 72.5 Å². The minimum absolute atomic E-state index is 0.402. The molecular formula is C14H11FN4O2. The molecule has 2 aromatic heterocycles. The minimum atomic E-state index is -0.861. The predicted octanol–water partition coefficient (Wildman–Crippen LogP) is 2.99. The lowest BCUT2D eigenvalue weighted by atomic mass is 10.2. The van der Waals surface area contributed by atoms with E-state index in [1.165, 1.54) is 6.07 Å². The third-order valence-electron chi connectivity index (χ3n) is 3.03. The molecule has 0 amide bonds. The van der Waals surface area contributed by atoms with Crippen LogP contribution in [0.1, 0.15) is 5.69 Å². The predicted molar refractivity (Wildman–Crippen MR) is 75.6 cm³/mol. The van der Waals surface area contributed by atoms with Gasteiger partial charge in [-0.05, 0) is 18.2 Å². The van der Waals surface area contributed by atoms with Gasteiger partial charge < -0.3 is 9.72 Å². The molecule has 1 N–H and O–H groups in total. The Bertz CT molecular complexity index is 783. The lowest BCUT2D eigenvalue weighted by Crippen LogP contribution is -2.01. The lowest BCUT2D eigenvalue weighted by molar-refractivity contribution is -0.387. The molecule has 0 spiro atoms. The van der Waals surface area contributed by atoms with Gasteiger partial charge in [0.25, 0.3) is 0 Å². The van der Waals surface area contributed by atoms with Crippen LogP contribution in [0.25, 0.3) is 5.65 Å². The first-order valence-corrected chi connectivity index (χ1v) is 6.24. The van der Waals surface area contributed by atoms with Gasteiger partial charge in [0.2, 0.25) is 5.82 Å². The van der Waals surface area contributed by atoms with Crippen LogP contribution >= 0.6 is 0 Å². The second-order valence-corrected chi connectivity index (χ2v) is 4.48. The van der Waals surface area contributed by atoms with Crippen LogP contribution in [-0.2, 0) is 6.54 Å². The highest BCUT2D eigenvalue weighted by molar-refractivity contribution is 5.50. The molecule has 0 radical (unpaired) electrons. The third kappa shape index (κ3) is 2.66.